The van der Waals surface area contributed by atoms with E-state index in [1.165, 1.54) is 24.3 Å². The second kappa shape index (κ2) is 4.05. The van der Waals surface area contributed by atoms with Crippen molar-refractivity contribution in [3.63, 3.8) is 0 Å². The first-order valence-electron chi connectivity index (χ1n) is 5.56. The van der Waals surface area contributed by atoms with Gasteiger partial charge >= 0.3 is 5.97 Å². The smallest absolute Gasteiger partial charge is 0.315 e. The number of rotatable bonds is 1. The van der Waals surface area contributed by atoms with Gasteiger partial charge in [-0.2, -0.15) is 0 Å². The lowest BCUT2D eigenvalue weighted by atomic mass is 9.88. The van der Waals surface area contributed by atoms with Crippen molar-refractivity contribution in [2.75, 3.05) is 0 Å². The highest BCUT2D eigenvalue weighted by Crippen LogP contribution is 2.44. The maximum absolute atomic E-state index is 13.3. The Kier molecular flexibility index (Phi) is 2.48. The molecule has 0 unspecified atom stereocenters. The van der Waals surface area contributed by atoms with Crippen molar-refractivity contribution in [2.45, 2.75) is 5.92 Å². The largest absolute Gasteiger partial charge is 0.481 e. The minimum atomic E-state index is -1.18. The number of aliphatic carboxylic acids is 1. The Morgan fingerprint density at radius 3 is 1.89 bits per heavy atom. The highest BCUT2D eigenvalue weighted by molar-refractivity contribution is 5.83. The summed E-state index contributed by atoms with van der Waals surface area (Å²) in [5.41, 5.74) is 0.371. The zero-order chi connectivity index (χ0) is 13.6. The van der Waals surface area contributed by atoms with Crippen LogP contribution in [-0.4, -0.2) is 11.1 Å². The minimum absolute atomic E-state index is 0.186. The lowest BCUT2D eigenvalue weighted by Gasteiger charge is -2.25. The summed E-state index contributed by atoms with van der Waals surface area (Å²) < 4.78 is 32.0. The average molecular weight is 262 g/mol. The molecule has 2 aromatic rings. The monoisotopic (exact) mass is 262 g/mol. The first-order valence-corrected chi connectivity index (χ1v) is 5.56. The van der Waals surface area contributed by atoms with Crippen LogP contribution < -0.4 is 4.74 Å². The fourth-order valence-electron chi connectivity index (χ4n) is 2.23. The van der Waals surface area contributed by atoms with Crippen LogP contribution in [0.1, 0.15) is 17.0 Å². The molecule has 19 heavy (non-hydrogen) atoms. The number of carboxylic acid groups (broad SMARTS) is 1. The number of ether oxygens (including phenoxy) is 1. The lowest BCUT2D eigenvalue weighted by Crippen LogP contribution is -2.18. The van der Waals surface area contributed by atoms with E-state index in [0.29, 0.717) is 0 Å². The first kappa shape index (κ1) is 11.6. The van der Waals surface area contributed by atoms with E-state index in [0.717, 1.165) is 12.1 Å². The predicted molar refractivity (Wildman–Crippen MR) is 62.4 cm³/mol. The summed E-state index contributed by atoms with van der Waals surface area (Å²) in [4.78, 5) is 11.4. The molecule has 0 spiro atoms. The van der Waals surface area contributed by atoms with E-state index in [1.807, 2.05) is 0 Å². The number of fused-ring (bicyclic) bond motifs is 2. The fourth-order valence-corrected chi connectivity index (χ4v) is 2.23. The van der Waals surface area contributed by atoms with Crippen molar-refractivity contribution in [2.24, 2.45) is 0 Å². The number of halogens is 2. The summed E-state index contributed by atoms with van der Waals surface area (Å²) >= 11 is 0. The Balaban J connectivity index is 2.25. The predicted octanol–water partition coefficient (Wildman–Crippen LogP) is 3.29. The van der Waals surface area contributed by atoms with Crippen LogP contribution in [0.2, 0.25) is 0 Å². The van der Waals surface area contributed by atoms with Crippen molar-refractivity contribution in [3.05, 3.63) is 59.2 Å². The molecule has 1 N–H and O–H groups in total. The number of hydrogen-bond donors (Lipinski definition) is 1. The van der Waals surface area contributed by atoms with Gasteiger partial charge in [-0.3, -0.25) is 4.79 Å². The van der Waals surface area contributed by atoms with Crippen LogP contribution in [-0.2, 0) is 4.79 Å². The molecule has 0 bridgehead atoms. The Bertz CT molecular complexity index is 631. The zero-order valence-electron chi connectivity index (χ0n) is 9.56. The van der Waals surface area contributed by atoms with Crippen LogP contribution in [0.25, 0.3) is 0 Å². The summed E-state index contributed by atoms with van der Waals surface area (Å²) in [6.07, 6.45) is 0. The molecule has 3 rings (SSSR count). The van der Waals surface area contributed by atoms with Crippen LogP contribution in [0.15, 0.2) is 36.4 Å². The number of benzene rings is 2. The SMILES string of the molecule is O=C(O)C1c2cc(F)ccc2Oc2ccc(F)cc21. The van der Waals surface area contributed by atoms with Crippen LogP contribution >= 0.6 is 0 Å². The van der Waals surface area contributed by atoms with Crippen LogP contribution in [0, 0.1) is 11.6 Å². The van der Waals surface area contributed by atoms with Crippen molar-refractivity contribution >= 4 is 5.97 Å². The molecular weight excluding hydrogens is 254 g/mol. The van der Waals surface area contributed by atoms with Gasteiger partial charge in [0.15, 0.2) is 0 Å². The van der Waals surface area contributed by atoms with Crippen molar-refractivity contribution in [3.8, 4) is 11.5 Å². The van der Waals surface area contributed by atoms with E-state index < -0.39 is 23.5 Å². The third-order valence-corrected chi connectivity index (χ3v) is 3.03. The van der Waals surface area contributed by atoms with Gasteiger partial charge in [0, 0.05) is 11.1 Å². The molecule has 5 heteroatoms. The van der Waals surface area contributed by atoms with Gasteiger partial charge in [0.05, 0.1) is 0 Å². The summed E-state index contributed by atoms with van der Waals surface area (Å²) in [7, 11) is 0. The van der Waals surface area contributed by atoms with Gasteiger partial charge in [-0.1, -0.05) is 0 Å². The molecule has 0 amide bonds. The van der Waals surface area contributed by atoms with Crippen molar-refractivity contribution < 1.29 is 23.4 Å². The van der Waals surface area contributed by atoms with E-state index in [-0.39, 0.29) is 22.6 Å². The summed E-state index contributed by atoms with van der Waals surface area (Å²) in [6.45, 7) is 0. The zero-order valence-corrected chi connectivity index (χ0v) is 9.56. The second-order valence-electron chi connectivity index (χ2n) is 4.24. The van der Waals surface area contributed by atoms with Crippen LogP contribution in [0.4, 0.5) is 8.78 Å². The summed E-state index contributed by atoms with van der Waals surface area (Å²) in [5, 5.41) is 9.31. The Morgan fingerprint density at radius 1 is 1.00 bits per heavy atom. The summed E-state index contributed by atoms with van der Waals surface area (Å²) in [5.74, 6) is -2.89. The van der Waals surface area contributed by atoms with Gasteiger partial charge in [0.1, 0.15) is 29.1 Å². The molecule has 2 aromatic carbocycles. The molecule has 0 saturated carbocycles. The molecule has 0 fully saturated rings. The third-order valence-electron chi connectivity index (χ3n) is 3.03. The lowest BCUT2D eigenvalue weighted by molar-refractivity contribution is -0.137. The van der Waals surface area contributed by atoms with Crippen molar-refractivity contribution in [1.29, 1.82) is 0 Å². The molecule has 1 heterocycles. The third kappa shape index (κ3) is 1.83. The highest BCUT2D eigenvalue weighted by Gasteiger charge is 2.33. The number of hydrogen-bond acceptors (Lipinski definition) is 2. The van der Waals surface area contributed by atoms with Gasteiger partial charge in [-0.05, 0) is 36.4 Å². The number of carbonyl (C=O) groups is 1. The normalized spacial score (nSPS) is 13.4. The molecule has 0 aromatic heterocycles. The molecular formula is C14H8F2O3. The van der Waals surface area contributed by atoms with E-state index >= 15 is 0 Å². The summed E-state index contributed by atoms with van der Waals surface area (Å²) in [6, 6.07) is 7.31. The maximum atomic E-state index is 13.3. The molecule has 1 aliphatic rings. The van der Waals surface area contributed by atoms with E-state index in [9.17, 15) is 18.7 Å². The van der Waals surface area contributed by atoms with Gasteiger partial charge in [-0.25, -0.2) is 8.78 Å². The van der Waals surface area contributed by atoms with Gasteiger partial charge in [-0.15, -0.1) is 0 Å². The van der Waals surface area contributed by atoms with Crippen molar-refractivity contribution in [1.82, 2.24) is 0 Å². The molecule has 0 radical (unpaired) electrons. The molecule has 0 aliphatic carbocycles. The average Bonchev–Trinajstić information content (AvgIpc) is 2.35. The fraction of sp³-hybridized carbons (Fsp3) is 0.0714. The van der Waals surface area contributed by atoms with Gasteiger partial charge in [0.2, 0.25) is 0 Å². The van der Waals surface area contributed by atoms with Crippen LogP contribution in [0.3, 0.4) is 0 Å². The standard InChI is InChI=1S/C14H8F2O3/c15-7-1-3-11-9(5-7)13(14(17)18)10-6-8(16)2-4-12(10)19-11/h1-6,13H,(H,17,18). The highest BCUT2D eigenvalue weighted by atomic mass is 19.1. The Labute approximate surface area is 107 Å². The van der Waals surface area contributed by atoms with Crippen LogP contribution in [0.5, 0.6) is 11.5 Å². The van der Waals surface area contributed by atoms with E-state index in [1.54, 1.807) is 0 Å². The van der Waals surface area contributed by atoms with Gasteiger partial charge < -0.3 is 9.84 Å². The quantitative estimate of drug-likeness (QED) is 0.857. The number of carboxylic acids is 1. The Hall–Kier alpha value is -2.43. The van der Waals surface area contributed by atoms with Gasteiger partial charge in [0.25, 0.3) is 0 Å². The molecule has 1 aliphatic heterocycles. The van der Waals surface area contributed by atoms with E-state index in [4.69, 9.17) is 4.74 Å². The Morgan fingerprint density at radius 2 is 1.47 bits per heavy atom. The molecule has 0 atom stereocenters. The first-order chi connectivity index (χ1) is 9.06. The second-order valence-corrected chi connectivity index (χ2v) is 4.24. The molecule has 0 saturated heterocycles. The topological polar surface area (TPSA) is 46.5 Å². The minimum Gasteiger partial charge on any atom is -0.481 e. The van der Waals surface area contributed by atoms with E-state index in [2.05, 4.69) is 0 Å². The maximum Gasteiger partial charge on any atom is 0.315 e. The molecule has 96 valence electrons. The molecule has 3 nitrogen and oxygen atoms in total.